The molecule has 1 N–H and O–H groups in total. The Morgan fingerprint density at radius 3 is 2.48 bits per heavy atom. The van der Waals surface area contributed by atoms with Gasteiger partial charge in [-0.05, 0) is 38.5 Å². The number of carbonyl (C=O) groups excluding carboxylic acids is 2. The first-order chi connectivity index (χ1) is 11.0. The standard InChI is InChI=1S/C19H21NO3/c1-13-7-9-16(10-8-13)12-20-19(22)15(3)23-18-6-4-5-17(11-18)14(2)21/h4-11,15H,12H2,1-3H3,(H,20,22). The van der Waals surface area contributed by atoms with E-state index in [0.717, 1.165) is 5.56 Å². The van der Waals surface area contributed by atoms with Gasteiger partial charge in [-0.1, -0.05) is 42.0 Å². The van der Waals surface area contributed by atoms with Gasteiger partial charge in [0.15, 0.2) is 11.9 Å². The lowest BCUT2D eigenvalue weighted by molar-refractivity contribution is -0.127. The predicted molar refractivity (Wildman–Crippen MR) is 89.6 cm³/mol. The third kappa shape index (κ3) is 4.95. The van der Waals surface area contributed by atoms with E-state index in [1.54, 1.807) is 31.2 Å². The molecule has 2 aromatic carbocycles. The second-order valence-corrected chi connectivity index (χ2v) is 5.55. The van der Waals surface area contributed by atoms with Gasteiger partial charge in [-0.25, -0.2) is 0 Å². The minimum Gasteiger partial charge on any atom is -0.481 e. The average molecular weight is 311 g/mol. The summed E-state index contributed by atoms with van der Waals surface area (Å²) in [5.41, 5.74) is 2.78. The fourth-order valence-electron chi connectivity index (χ4n) is 2.08. The van der Waals surface area contributed by atoms with Crippen LogP contribution in [0.25, 0.3) is 0 Å². The lowest BCUT2D eigenvalue weighted by atomic mass is 10.1. The summed E-state index contributed by atoms with van der Waals surface area (Å²) in [6.07, 6.45) is -0.636. The normalized spacial score (nSPS) is 11.6. The quantitative estimate of drug-likeness (QED) is 0.833. The molecule has 1 atom stereocenters. The van der Waals surface area contributed by atoms with Crippen molar-refractivity contribution in [3.05, 3.63) is 65.2 Å². The van der Waals surface area contributed by atoms with E-state index < -0.39 is 6.10 Å². The number of nitrogens with one attached hydrogen (secondary N) is 1. The van der Waals surface area contributed by atoms with Crippen LogP contribution < -0.4 is 10.1 Å². The Hall–Kier alpha value is -2.62. The van der Waals surface area contributed by atoms with Crippen LogP contribution >= 0.6 is 0 Å². The molecule has 2 aromatic rings. The summed E-state index contributed by atoms with van der Waals surface area (Å²) < 4.78 is 5.61. The minimum absolute atomic E-state index is 0.0353. The minimum atomic E-state index is -0.636. The van der Waals surface area contributed by atoms with Gasteiger partial charge in [-0.3, -0.25) is 9.59 Å². The van der Waals surface area contributed by atoms with E-state index in [4.69, 9.17) is 4.74 Å². The van der Waals surface area contributed by atoms with Gasteiger partial charge in [0.2, 0.25) is 0 Å². The molecule has 0 fully saturated rings. The Labute approximate surface area is 136 Å². The van der Waals surface area contributed by atoms with Crippen molar-refractivity contribution < 1.29 is 14.3 Å². The zero-order chi connectivity index (χ0) is 16.8. The molecule has 2 rings (SSSR count). The van der Waals surface area contributed by atoms with Gasteiger partial charge in [0.1, 0.15) is 5.75 Å². The van der Waals surface area contributed by atoms with Gasteiger partial charge in [0.05, 0.1) is 0 Å². The molecule has 0 saturated carbocycles. The molecular weight excluding hydrogens is 290 g/mol. The van der Waals surface area contributed by atoms with E-state index in [2.05, 4.69) is 5.32 Å². The Bertz CT molecular complexity index is 692. The second kappa shape index (κ2) is 7.58. The summed E-state index contributed by atoms with van der Waals surface area (Å²) in [5.74, 6) is 0.279. The maximum absolute atomic E-state index is 12.1. The van der Waals surface area contributed by atoms with Gasteiger partial charge in [-0.2, -0.15) is 0 Å². The monoisotopic (exact) mass is 311 g/mol. The molecular formula is C19H21NO3. The maximum atomic E-state index is 12.1. The largest absolute Gasteiger partial charge is 0.481 e. The van der Waals surface area contributed by atoms with Crippen LogP contribution in [0.2, 0.25) is 0 Å². The smallest absolute Gasteiger partial charge is 0.261 e. The number of hydrogen-bond acceptors (Lipinski definition) is 3. The summed E-state index contributed by atoms with van der Waals surface area (Å²) in [7, 11) is 0. The molecule has 0 aromatic heterocycles. The van der Waals surface area contributed by atoms with Crippen LogP contribution in [0.5, 0.6) is 5.75 Å². The number of ether oxygens (including phenoxy) is 1. The third-order valence-corrected chi connectivity index (χ3v) is 3.51. The summed E-state index contributed by atoms with van der Waals surface area (Å²) in [6, 6.07) is 14.8. The lowest BCUT2D eigenvalue weighted by Crippen LogP contribution is -2.35. The molecule has 0 aliphatic carbocycles. The number of aryl methyl sites for hydroxylation is 1. The Morgan fingerprint density at radius 2 is 1.83 bits per heavy atom. The van der Waals surface area contributed by atoms with E-state index in [1.807, 2.05) is 31.2 Å². The van der Waals surface area contributed by atoms with Gasteiger partial charge in [0.25, 0.3) is 5.91 Å². The van der Waals surface area contributed by atoms with Crippen LogP contribution in [-0.2, 0) is 11.3 Å². The van der Waals surface area contributed by atoms with E-state index in [9.17, 15) is 9.59 Å². The summed E-state index contributed by atoms with van der Waals surface area (Å²) >= 11 is 0. The average Bonchev–Trinajstić information content (AvgIpc) is 2.54. The molecule has 0 aliphatic heterocycles. The Balaban J connectivity index is 1.90. The maximum Gasteiger partial charge on any atom is 0.261 e. The predicted octanol–water partition coefficient (Wildman–Crippen LogP) is 3.28. The topological polar surface area (TPSA) is 55.4 Å². The number of amides is 1. The highest BCUT2D eigenvalue weighted by atomic mass is 16.5. The zero-order valence-corrected chi connectivity index (χ0v) is 13.6. The first-order valence-corrected chi connectivity index (χ1v) is 7.56. The Kier molecular flexibility index (Phi) is 5.52. The van der Waals surface area contributed by atoms with Gasteiger partial charge in [-0.15, -0.1) is 0 Å². The van der Waals surface area contributed by atoms with E-state index in [-0.39, 0.29) is 11.7 Å². The van der Waals surface area contributed by atoms with Crippen LogP contribution in [0.15, 0.2) is 48.5 Å². The van der Waals surface area contributed by atoms with Crippen molar-refractivity contribution in [1.29, 1.82) is 0 Å². The van der Waals surface area contributed by atoms with E-state index in [0.29, 0.717) is 17.9 Å². The van der Waals surface area contributed by atoms with Crippen LogP contribution in [0, 0.1) is 6.92 Å². The highest BCUT2D eigenvalue weighted by molar-refractivity contribution is 5.94. The molecule has 0 spiro atoms. The highest BCUT2D eigenvalue weighted by Crippen LogP contribution is 2.15. The fourth-order valence-corrected chi connectivity index (χ4v) is 2.08. The molecule has 0 heterocycles. The zero-order valence-electron chi connectivity index (χ0n) is 13.6. The fraction of sp³-hybridized carbons (Fsp3) is 0.263. The number of ketones is 1. The van der Waals surface area contributed by atoms with Crippen LogP contribution in [0.3, 0.4) is 0 Å². The van der Waals surface area contributed by atoms with E-state index >= 15 is 0 Å². The lowest BCUT2D eigenvalue weighted by Gasteiger charge is -2.15. The van der Waals surface area contributed by atoms with E-state index in [1.165, 1.54) is 12.5 Å². The first-order valence-electron chi connectivity index (χ1n) is 7.56. The van der Waals surface area contributed by atoms with Crippen molar-refractivity contribution in [2.75, 3.05) is 0 Å². The van der Waals surface area contributed by atoms with Crippen LogP contribution in [-0.4, -0.2) is 17.8 Å². The number of benzene rings is 2. The summed E-state index contributed by atoms with van der Waals surface area (Å²) in [6.45, 7) is 5.66. The molecule has 0 aliphatic rings. The van der Waals surface area contributed by atoms with Gasteiger partial charge in [0, 0.05) is 12.1 Å². The third-order valence-electron chi connectivity index (χ3n) is 3.51. The van der Waals surface area contributed by atoms with Crippen LogP contribution in [0.4, 0.5) is 0 Å². The van der Waals surface area contributed by atoms with Gasteiger partial charge >= 0.3 is 0 Å². The number of rotatable bonds is 6. The Morgan fingerprint density at radius 1 is 1.13 bits per heavy atom. The van der Waals surface area contributed by atoms with Crippen LogP contribution in [0.1, 0.15) is 35.3 Å². The number of carbonyl (C=O) groups is 2. The van der Waals surface area contributed by atoms with Crippen molar-refractivity contribution in [3.63, 3.8) is 0 Å². The molecule has 0 radical (unpaired) electrons. The van der Waals surface area contributed by atoms with Crippen molar-refractivity contribution in [1.82, 2.24) is 5.32 Å². The molecule has 4 heteroatoms. The first kappa shape index (κ1) is 16.7. The molecule has 120 valence electrons. The van der Waals surface area contributed by atoms with Crippen molar-refractivity contribution in [2.45, 2.75) is 33.4 Å². The van der Waals surface area contributed by atoms with Crippen molar-refractivity contribution in [3.8, 4) is 5.75 Å². The highest BCUT2D eigenvalue weighted by Gasteiger charge is 2.14. The second-order valence-electron chi connectivity index (χ2n) is 5.55. The molecule has 1 amide bonds. The molecule has 23 heavy (non-hydrogen) atoms. The van der Waals surface area contributed by atoms with Crippen molar-refractivity contribution >= 4 is 11.7 Å². The number of hydrogen-bond donors (Lipinski definition) is 1. The summed E-state index contributed by atoms with van der Waals surface area (Å²) in [5, 5.41) is 2.84. The molecule has 0 bridgehead atoms. The SMILES string of the molecule is CC(=O)c1cccc(OC(C)C(=O)NCc2ccc(C)cc2)c1. The molecule has 4 nitrogen and oxygen atoms in total. The molecule has 0 saturated heterocycles. The molecule has 1 unspecified atom stereocenters. The van der Waals surface area contributed by atoms with Crippen molar-refractivity contribution in [2.24, 2.45) is 0 Å². The van der Waals surface area contributed by atoms with Gasteiger partial charge < -0.3 is 10.1 Å². The summed E-state index contributed by atoms with van der Waals surface area (Å²) in [4.78, 5) is 23.5. The number of Topliss-reactive ketones (excluding diaryl/α,β-unsaturated/α-hetero) is 1.